The van der Waals surface area contributed by atoms with E-state index in [9.17, 15) is 9.59 Å². The van der Waals surface area contributed by atoms with E-state index < -0.39 is 0 Å². The number of carbonyl (C=O) groups excluding carboxylic acids is 2. The van der Waals surface area contributed by atoms with E-state index in [4.69, 9.17) is 0 Å². The first-order valence-corrected chi connectivity index (χ1v) is 9.70. The third-order valence-electron chi connectivity index (χ3n) is 4.44. The van der Waals surface area contributed by atoms with Gasteiger partial charge in [-0.1, -0.05) is 40.2 Å². The maximum Gasteiger partial charge on any atom is 0.226 e. The van der Waals surface area contributed by atoms with Crippen LogP contribution in [0, 0.1) is 6.92 Å². The van der Waals surface area contributed by atoms with Crippen LogP contribution in [0.25, 0.3) is 10.9 Å². The van der Waals surface area contributed by atoms with Gasteiger partial charge in [-0.15, -0.1) is 0 Å². The second-order valence-corrected chi connectivity index (χ2v) is 7.38. The number of carbonyl (C=O) groups is 2. The number of aromatic amines is 1. The summed E-state index contributed by atoms with van der Waals surface area (Å²) in [5.41, 5.74) is 3.98. The predicted octanol–water partition coefficient (Wildman–Crippen LogP) is 4.32. The Kier molecular flexibility index (Phi) is 6.29. The lowest BCUT2D eigenvalue weighted by Crippen LogP contribution is -2.27. The van der Waals surface area contributed by atoms with E-state index in [1.165, 1.54) is 0 Å². The fourth-order valence-corrected chi connectivity index (χ4v) is 3.29. The van der Waals surface area contributed by atoms with E-state index in [1.807, 2.05) is 55.6 Å². The molecule has 0 bridgehead atoms. The second-order valence-electron chi connectivity index (χ2n) is 6.47. The van der Waals surface area contributed by atoms with Crippen molar-refractivity contribution in [2.24, 2.45) is 0 Å². The van der Waals surface area contributed by atoms with E-state index in [-0.39, 0.29) is 18.2 Å². The lowest BCUT2D eigenvalue weighted by molar-refractivity contribution is -0.121. The number of aryl methyl sites for hydroxylation is 2. The molecule has 5 nitrogen and oxygen atoms in total. The van der Waals surface area contributed by atoms with Crippen LogP contribution in [0.3, 0.4) is 0 Å². The molecule has 3 aromatic rings. The van der Waals surface area contributed by atoms with Gasteiger partial charge in [0.2, 0.25) is 11.8 Å². The molecule has 0 saturated heterocycles. The predicted molar refractivity (Wildman–Crippen MR) is 112 cm³/mol. The van der Waals surface area contributed by atoms with Crippen molar-refractivity contribution in [3.05, 3.63) is 64.3 Å². The topological polar surface area (TPSA) is 74.0 Å². The Morgan fingerprint density at radius 1 is 1.07 bits per heavy atom. The molecule has 6 heteroatoms. The molecule has 2 amide bonds. The van der Waals surface area contributed by atoms with Crippen molar-refractivity contribution in [3.8, 4) is 0 Å². The van der Waals surface area contributed by atoms with Crippen LogP contribution in [-0.2, 0) is 16.0 Å². The van der Waals surface area contributed by atoms with Gasteiger partial charge in [0.25, 0.3) is 0 Å². The number of amides is 2. The molecule has 2 aromatic carbocycles. The number of hydrogen-bond acceptors (Lipinski definition) is 2. The molecule has 3 rings (SSSR count). The quantitative estimate of drug-likeness (QED) is 0.525. The van der Waals surface area contributed by atoms with E-state index in [0.29, 0.717) is 19.4 Å². The first-order chi connectivity index (χ1) is 13.0. The molecule has 1 heterocycles. The number of rotatable bonds is 7. The van der Waals surface area contributed by atoms with Gasteiger partial charge in [0, 0.05) is 46.6 Å². The van der Waals surface area contributed by atoms with Crippen molar-refractivity contribution < 1.29 is 9.59 Å². The fraction of sp³-hybridized carbons (Fsp3) is 0.238. The number of hydrogen-bond donors (Lipinski definition) is 3. The zero-order valence-corrected chi connectivity index (χ0v) is 16.7. The normalized spacial score (nSPS) is 10.7. The molecule has 0 aliphatic heterocycles. The maximum absolute atomic E-state index is 12.1. The number of fused-ring (bicyclic) bond motifs is 1. The van der Waals surface area contributed by atoms with Gasteiger partial charge in [-0.25, -0.2) is 0 Å². The smallest absolute Gasteiger partial charge is 0.226 e. The van der Waals surface area contributed by atoms with E-state index in [0.717, 1.165) is 32.2 Å². The van der Waals surface area contributed by atoms with E-state index in [1.54, 1.807) is 0 Å². The van der Waals surface area contributed by atoms with Crippen LogP contribution < -0.4 is 10.6 Å². The standard InChI is InChI=1S/C21H22BrN3O2/c1-14-6-8-16(22)12-19(14)25-21(27)10-11-23-20(26)9-7-15-13-24-18-5-3-2-4-17(15)18/h2-6,8,12-13,24H,7,9-11H2,1H3,(H,23,26)(H,25,27). The summed E-state index contributed by atoms with van der Waals surface area (Å²) in [6, 6.07) is 13.8. The van der Waals surface area contributed by atoms with Crippen molar-refractivity contribution in [2.75, 3.05) is 11.9 Å². The summed E-state index contributed by atoms with van der Waals surface area (Å²) < 4.78 is 0.911. The number of H-pyrrole nitrogens is 1. The average molecular weight is 428 g/mol. The summed E-state index contributed by atoms with van der Waals surface area (Å²) in [6.07, 6.45) is 3.25. The third kappa shape index (κ3) is 5.20. The zero-order chi connectivity index (χ0) is 19.2. The molecular formula is C21H22BrN3O2. The minimum atomic E-state index is -0.117. The monoisotopic (exact) mass is 427 g/mol. The highest BCUT2D eigenvalue weighted by Gasteiger charge is 2.09. The Labute approximate surface area is 166 Å². The van der Waals surface area contributed by atoms with Crippen molar-refractivity contribution in [2.45, 2.75) is 26.2 Å². The highest BCUT2D eigenvalue weighted by atomic mass is 79.9. The molecule has 0 aliphatic carbocycles. The van der Waals surface area contributed by atoms with Gasteiger partial charge in [-0.05, 0) is 42.7 Å². The molecule has 0 saturated carbocycles. The van der Waals surface area contributed by atoms with Crippen molar-refractivity contribution in [3.63, 3.8) is 0 Å². The summed E-state index contributed by atoms with van der Waals surface area (Å²) in [5, 5.41) is 6.84. The van der Waals surface area contributed by atoms with Gasteiger partial charge >= 0.3 is 0 Å². The molecule has 0 unspecified atom stereocenters. The summed E-state index contributed by atoms with van der Waals surface area (Å²) in [5.74, 6) is -0.167. The summed E-state index contributed by atoms with van der Waals surface area (Å²) in [7, 11) is 0. The number of para-hydroxylation sites is 1. The lowest BCUT2D eigenvalue weighted by atomic mass is 10.1. The number of anilines is 1. The number of nitrogens with one attached hydrogen (secondary N) is 3. The fourth-order valence-electron chi connectivity index (χ4n) is 2.93. The molecule has 3 N–H and O–H groups in total. The van der Waals surface area contributed by atoms with Crippen LogP contribution in [0.5, 0.6) is 0 Å². The van der Waals surface area contributed by atoms with Gasteiger partial charge in [0.15, 0.2) is 0 Å². The molecule has 140 valence electrons. The van der Waals surface area contributed by atoms with Crippen LogP contribution in [0.1, 0.15) is 24.0 Å². The zero-order valence-electron chi connectivity index (χ0n) is 15.1. The molecule has 0 fully saturated rings. The van der Waals surface area contributed by atoms with Crippen LogP contribution in [0.4, 0.5) is 5.69 Å². The number of halogens is 1. The van der Waals surface area contributed by atoms with E-state index >= 15 is 0 Å². The molecule has 27 heavy (non-hydrogen) atoms. The molecule has 1 aromatic heterocycles. The van der Waals surface area contributed by atoms with Gasteiger partial charge < -0.3 is 15.6 Å². The average Bonchev–Trinajstić information content (AvgIpc) is 3.06. The molecule has 0 spiro atoms. The highest BCUT2D eigenvalue weighted by molar-refractivity contribution is 9.10. The van der Waals surface area contributed by atoms with Crippen LogP contribution in [-0.4, -0.2) is 23.3 Å². The van der Waals surface area contributed by atoms with E-state index in [2.05, 4.69) is 31.5 Å². The molecule has 0 aliphatic rings. The van der Waals surface area contributed by atoms with Crippen LogP contribution >= 0.6 is 15.9 Å². The Bertz CT molecular complexity index is 965. The van der Waals surface area contributed by atoms with Crippen molar-refractivity contribution >= 4 is 44.3 Å². The minimum absolute atomic E-state index is 0.0493. The van der Waals surface area contributed by atoms with Crippen molar-refractivity contribution in [1.29, 1.82) is 0 Å². The molecule has 0 radical (unpaired) electrons. The Hall–Kier alpha value is -2.60. The van der Waals surface area contributed by atoms with Crippen molar-refractivity contribution in [1.82, 2.24) is 10.3 Å². The third-order valence-corrected chi connectivity index (χ3v) is 4.94. The molecular weight excluding hydrogens is 406 g/mol. The Morgan fingerprint density at radius 2 is 1.89 bits per heavy atom. The number of benzene rings is 2. The highest BCUT2D eigenvalue weighted by Crippen LogP contribution is 2.21. The first kappa shape index (κ1) is 19.2. The van der Waals surface area contributed by atoms with Crippen LogP contribution in [0.2, 0.25) is 0 Å². The maximum atomic E-state index is 12.1. The van der Waals surface area contributed by atoms with Gasteiger partial charge in [0.05, 0.1) is 0 Å². The second kappa shape index (κ2) is 8.86. The Morgan fingerprint density at radius 3 is 2.74 bits per heavy atom. The first-order valence-electron chi connectivity index (χ1n) is 8.90. The van der Waals surface area contributed by atoms with Crippen LogP contribution in [0.15, 0.2) is 53.1 Å². The minimum Gasteiger partial charge on any atom is -0.361 e. The number of aromatic nitrogens is 1. The SMILES string of the molecule is Cc1ccc(Br)cc1NC(=O)CCNC(=O)CCc1c[nH]c2ccccc12. The largest absolute Gasteiger partial charge is 0.361 e. The van der Waals surface area contributed by atoms with Gasteiger partial charge in [0.1, 0.15) is 0 Å². The summed E-state index contributed by atoms with van der Waals surface area (Å²) in [4.78, 5) is 27.3. The lowest BCUT2D eigenvalue weighted by Gasteiger charge is -2.09. The van der Waals surface area contributed by atoms with Gasteiger partial charge in [-0.3, -0.25) is 9.59 Å². The summed E-state index contributed by atoms with van der Waals surface area (Å²) >= 11 is 3.40. The summed E-state index contributed by atoms with van der Waals surface area (Å²) in [6.45, 7) is 2.26. The Balaban J connectivity index is 1.41. The molecule has 0 atom stereocenters. The van der Waals surface area contributed by atoms with Gasteiger partial charge in [-0.2, -0.15) is 0 Å².